The minimum Gasteiger partial charge on any atom is -0.332 e. The van der Waals surface area contributed by atoms with Gasteiger partial charge < -0.3 is 15.3 Å². The molecule has 1 amide bonds. The summed E-state index contributed by atoms with van der Waals surface area (Å²) in [7, 11) is 0. The molecule has 0 saturated heterocycles. The molecule has 0 saturated carbocycles. The predicted octanol–water partition coefficient (Wildman–Crippen LogP) is 2.29. The minimum absolute atomic E-state index is 0.0621. The van der Waals surface area contributed by atoms with Gasteiger partial charge in [0.05, 0.1) is 16.0 Å². The smallest absolute Gasteiger partial charge is 0.323 e. The maximum Gasteiger partial charge on any atom is 0.323 e. The number of nitro benzene ring substituents is 1. The van der Waals surface area contributed by atoms with Gasteiger partial charge in [-0.25, -0.2) is 4.79 Å². The second kappa shape index (κ2) is 7.62. The summed E-state index contributed by atoms with van der Waals surface area (Å²) in [5.41, 5.74) is 1.98. The summed E-state index contributed by atoms with van der Waals surface area (Å²) in [6, 6.07) is 11.0. The lowest BCUT2D eigenvalue weighted by atomic mass is 10.2. The van der Waals surface area contributed by atoms with E-state index in [2.05, 4.69) is 20.6 Å². The van der Waals surface area contributed by atoms with Crippen molar-refractivity contribution in [3.05, 3.63) is 74.7 Å². The molecule has 0 atom stereocenters. The molecule has 136 valence electrons. The molecule has 27 heavy (non-hydrogen) atoms. The number of aromatic amines is 2. The number of carbonyl (C=O) groups is 1. The number of imidazole rings is 1. The zero-order chi connectivity index (χ0) is 19.4. The molecular formula is C17H13N5O4S. The van der Waals surface area contributed by atoms with Crippen LogP contribution >= 0.6 is 12.2 Å². The molecule has 3 aromatic rings. The van der Waals surface area contributed by atoms with Crippen LogP contribution in [-0.4, -0.2) is 25.9 Å². The number of rotatable bonds is 4. The SMILES string of the molecule is O=C(C=Cc1cccc([N+](=O)[O-])c1)NC(=S)Nc1ccc2[nH]c(=O)[nH]c2c1. The summed E-state index contributed by atoms with van der Waals surface area (Å²) in [5, 5.41) is 16.1. The van der Waals surface area contributed by atoms with Crippen molar-refractivity contribution >= 4 is 51.7 Å². The van der Waals surface area contributed by atoms with E-state index in [4.69, 9.17) is 12.2 Å². The third-order valence-corrected chi connectivity index (χ3v) is 3.72. The molecule has 0 unspecified atom stereocenters. The van der Waals surface area contributed by atoms with Crippen molar-refractivity contribution < 1.29 is 9.72 Å². The molecule has 0 spiro atoms. The van der Waals surface area contributed by atoms with E-state index in [1.807, 2.05) is 0 Å². The van der Waals surface area contributed by atoms with Crippen molar-refractivity contribution in [3.8, 4) is 0 Å². The summed E-state index contributed by atoms with van der Waals surface area (Å²) in [6.07, 6.45) is 2.67. The Labute approximate surface area is 157 Å². The van der Waals surface area contributed by atoms with Crippen LogP contribution in [0.4, 0.5) is 11.4 Å². The number of thiocarbonyl (C=S) groups is 1. The van der Waals surface area contributed by atoms with E-state index in [1.165, 1.54) is 30.4 Å². The third kappa shape index (κ3) is 4.64. The van der Waals surface area contributed by atoms with Crippen LogP contribution in [0.3, 0.4) is 0 Å². The zero-order valence-corrected chi connectivity index (χ0v) is 14.5. The Morgan fingerprint density at radius 3 is 2.70 bits per heavy atom. The first-order chi connectivity index (χ1) is 12.9. The van der Waals surface area contributed by atoms with Crippen LogP contribution in [0.1, 0.15) is 5.56 Å². The van der Waals surface area contributed by atoms with E-state index < -0.39 is 10.8 Å². The quantitative estimate of drug-likeness (QED) is 0.236. The normalized spacial score (nSPS) is 10.8. The number of anilines is 1. The molecule has 0 bridgehead atoms. The second-order valence-corrected chi connectivity index (χ2v) is 5.88. The number of nitrogens with zero attached hydrogens (tertiary/aromatic N) is 1. The number of nitrogens with one attached hydrogen (secondary N) is 4. The summed E-state index contributed by atoms with van der Waals surface area (Å²) < 4.78 is 0. The van der Waals surface area contributed by atoms with Crippen LogP contribution in [0.25, 0.3) is 17.1 Å². The van der Waals surface area contributed by atoms with Crippen LogP contribution in [0.5, 0.6) is 0 Å². The van der Waals surface area contributed by atoms with Gasteiger partial charge in [-0.15, -0.1) is 0 Å². The summed E-state index contributed by atoms with van der Waals surface area (Å²) in [4.78, 5) is 38.7. The summed E-state index contributed by atoms with van der Waals surface area (Å²) >= 11 is 5.08. The number of fused-ring (bicyclic) bond motifs is 1. The van der Waals surface area contributed by atoms with E-state index >= 15 is 0 Å². The van der Waals surface area contributed by atoms with Gasteiger partial charge in [0.25, 0.3) is 5.69 Å². The van der Waals surface area contributed by atoms with Crippen molar-refractivity contribution in [1.82, 2.24) is 15.3 Å². The van der Waals surface area contributed by atoms with E-state index in [9.17, 15) is 19.7 Å². The Hall–Kier alpha value is -3.79. The Balaban J connectivity index is 1.61. The summed E-state index contributed by atoms with van der Waals surface area (Å²) in [5.74, 6) is -0.491. The lowest BCUT2D eigenvalue weighted by Crippen LogP contribution is -2.32. The van der Waals surface area contributed by atoms with Crippen molar-refractivity contribution in [1.29, 1.82) is 0 Å². The first kappa shape index (κ1) is 18.0. The molecule has 3 rings (SSSR count). The molecular weight excluding hydrogens is 370 g/mol. The number of nitro groups is 1. The van der Waals surface area contributed by atoms with Gasteiger partial charge in [0, 0.05) is 23.9 Å². The molecule has 1 heterocycles. The van der Waals surface area contributed by atoms with E-state index in [0.717, 1.165) is 0 Å². The second-order valence-electron chi connectivity index (χ2n) is 5.47. The number of benzene rings is 2. The van der Waals surface area contributed by atoms with Gasteiger partial charge in [-0.3, -0.25) is 20.2 Å². The number of hydrogen-bond donors (Lipinski definition) is 4. The number of H-pyrrole nitrogens is 2. The first-order valence-corrected chi connectivity index (χ1v) is 8.08. The van der Waals surface area contributed by atoms with Crippen molar-refractivity contribution in [2.75, 3.05) is 5.32 Å². The van der Waals surface area contributed by atoms with Crippen molar-refractivity contribution in [3.63, 3.8) is 0 Å². The minimum atomic E-state index is -0.509. The molecule has 0 aliphatic rings. The Morgan fingerprint density at radius 2 is 1.93 bits per heavy atom. The van der Waals surface area contributed by atoms with Crippen LogP contribution in [0.2, 0.25) is 0 Å². The topological polar surface area (TPSA) is 133 Å². The van der Waals surface area contributed by atoms with Gasteiger partial charge in [-0.05, 0) is 42.1 Å². The monoisotopic (exact) mass is 383 g/mol. The average Bonchev–Trinajstić information content (AvgIpc) is 2.99. The highest BCUT2D eigenvalue weighted by Crippen LogP contribution is 2.15. The Kier molecular flexibility index (Phi) is 5.08. The van der Waals surface area contributed by atoms with Crippen molar-refractivity contribution in [2.24, 2.45) is 0 Å². The van der Waals surface area contributed by atoms with Gasteiger partial charge in [0.2, 0.25) is 5.91 Å². The van der Waals surface area contributed by atoms with Crippen LogP contribution < -0.4 is 16.3 Å². The molecule has 9 nitrogen and oxygen atoms in total. The predicted molar refractivity (Wildman–Crippen MR) is 105 cm³/mol. The fourth-order valence-corrected chi connectivity index (χ4v) is 2.56. The summed E-state index contributed by atoms with van der Waals surface area (Å²) in [6.45, 7) is 0. The third-order valence-electron chi connectivity index (χ3n) is 3.52. The van der Waals surface area contributed by atoms with E-state index in [1.54, 1.807) is 24.3 Å². The number of amides is 1. The molecule has 0 aliphatic carbocycles. The van der Waals surface area contributed by atoms with Gasteiger partial charge in [0.15, 0.2) is 5.11 Å². The lowest BCUT2D eigenvalue weighted by Gasteiger charge is -2.08. The highest BCUT2D eigenvalue weighted by atomic mass is 32.1. The van der Waals surface area contributed by atoms with Crippen LogP contribution in [0, 0.1) is 10.1 Å². The Bertz CT molecular complexity index is 1130. The van der Waals surface area contributed by atoms with Gasteiger partial charge in [-0.2, -0.15) is 0 Å². The van der Waals surface area contributed by atoms with Gasteiger partial charge in [-0.1, -0.05) is 12.1 Å². The Morgan fingerprint density at radius 1 is 1.15 bits per heavy atom. The van der Waals surface area contributed by atoms with E-state index in [0.29, 0.717) is 22.3 Å². The van der Waals surface area contributed by atoms with Crippen LogP contribution in [0.15, 0.2) is 53.3 Å². The standard InChI is InChI=1S/C17H13N5O4S/c23-15(7-4-10-2-1-3-12(8-10)22(25)26)21-17(27)18-11-5-6-13-14(9-11)20-16(24)19-13/h1-9H,(H2,19,20,24)(H2,18,21,23,27). The first-order valence-electron chi connectivity index (χ1n) is 7.67. The van der Waals surface area contributed by atoms with Crippen LogP contribution in [-0.2, 0) is 4.79 Å². The molecule has 10 heteroatoms. The van der Waals surface area contributed by atoms with Gasteiger partial charge >= 0.3 is 5.69 Å². The number of hydrogen-bond acceptors (Lipinski definition) is 5. The molecule has 4 N–H and O–H groups in total. The fourth-order valence-electron chi connectivity index (χ4n) is 2.34. The lowest BCUT2D eigenvalue weighted by molar-refractivity contribution is -0.384. The van der Waals surface area contributed by atoms with Gasteiger partial charge in [0.1, 0.15) is 0 Å². The number of aromatic nitrogens is 2. The highest BCUT2D eigenvalue weighted by molar-refractivity contribution is 7.80. The highest BCUT2D eigenvalue weighted by Gasteiger charge is 2.06. The molecule has 1 aromatic heterocycles. The molecule has 2 aromatic carbocycles. The maximum absolute atomic E-state index is 11.9. The maximum atomic E-state index is 11.9. The number of carbonyl (C=O) groups excluding carboxylic acids is 1. The average molecular weight is 383 g/mol. The number of non-ortho nitro benzene ring substituents is 1. The molecule has 0 aliphatic heterocycles. The van der Waals surface area contributed by atoms with Crippen molar-refractivity contribution in [2.45, 2.75) is 0 Å². The fraction of sp³-hybridized carbons (Fsp3) is 0. The molecule has 0 radical (unpaired) electrons. The molecule has 0 fully saturated rings. The van der Waals surface area contributed by atoms with E-state index in [-0.39, 0.29) is 16.5 Å². The largest absolute Gasteiger partial charge is 0.332 e. The zero-order valence-electron chi connectivity index (χ0n) is 13.7.